The third-order valence-electron chi connectivity index (χ3n) is 2.50. The van der Waals surface area contributed by atoms with E-state index in [0.29, 0.717) is 24.1 Å². The maximum absolute atomic E-state index is 5.90. The molecule has 0 spiro atoms. The minimum atomic E-state index is 0.576. The van der Waals surface area contributed by atoms with E-state index in [2.05, 4.69) is 26.2 Å². The Morgan fingerprint density at radius 2 is 2.32 bits per heavy atom. The van der Waals surface area contributed by atoms with Crippen LogP contribution in [-0.4, -0.2) is 25.2 Å². The third kappa shape index (κ3) is 4.04. The summed E-state index contributed by atoms with van der Waals surface area (Å²) in [6.07, 6.45) is 1.65. The fourth-order valence-electron chi connectivity index (χ4n) is 1.57. The van der Waals surface area contributed by atoms with Gasteiger partial charge in [-0.25, -0.2) is 4.98 Å². The summed E-state index contributed by atoms with van der Waals surface area (Å²) >= 11 is 9.35. The average Bonchev–Trinajstić information content (AvgIpc) is 2.83. The van der Waals surface area contributed by atoms with Crippen LogP contribution in [0.3, 0.4) is 0 Å². The molecule has 0 amide bonds. The number of ether oxygens (including phenoxy) is 1. The Labute approximate surface area is 125 Å². The van der Waals surface area contributed by atoms with Gasteiger partial charge in [-0.1, -0.05) is 11.6 Å². The van der Waals surface area contributed by atoms with Crippen molar-refractivity contribution >= 4 is 27.5 Å². The van der Waals surface area contributed by atoms with Crippen LogP contribution < -0.4 is 5.32 Å². The molecule has 0 radical (unpaired) electrons. The topological polar surface area (TPSA) is 47.3 Å². The van der Waals surface area contributed by atoms with Crippen molar-refractivity contribution in [2.45, 2.75) is 6.54 Å². The number of oxazole rings is 1. The van der Waals surface area contributed by atoms with Crippen LogP contribution in [0.2, 0.25) is 5.02 Å². The zero-order chi connectivity index (χ0) is 13.7. The molecule has 1 aromatic heterocycles. The maximum atomic E-state index is 5.90. The van der Waals surface area contributed by atoms with Gasteiger partial charge in [0.1, 0.15) is 6.26 Å². The zero-order valence-electron chi connectivity index (χ0n) is 10.5. The minimum absolute atomic E-state index is 0.576. The number of aromatic nitrogens is 1. The van der Waals surface area contributed by atoms with Crippen molar-refractivity contribution in [3.05, 3.63) is 39.7 Å². The van der Waals surface area contributed by atoms with Crippen LogP contribution in [0.25, 0.3) is 11.5 Å². The van der Waals surface area contributed by atoms with Gasteiger partial charge in [-0.05, 0) is 34.1 Å². The molecule has 0 aliphatic carbocycles. The summed E-state index contributed by atoms with van der Waals surface area (Å²) in [5, 5.41) is 3.88. The van der Waals surface area contributed by atoms with Gasteiger partial charge in [-0.3, -0.25) is 0 Å². The normalized spacial score (nSPS) is 10.9. The monoisotopic (exact) mass is 344 g/mol. The number of rotatable bonds is 6. The van der Waals surface area contributed by atoms with E-state index in [-0.39, 0.29) is 0 Å². The van der Waals surface area contributed by atoms with Crippen LogP contribution in [0.5, 0.6) is 0 Å². The lowest BCUT2D eigenvalue weighted by molar-refractivity contribution is 0.199. The Bertz CT molecular complexity index is 545. The summed E-state index contributed by atoms with van der Waals surface area (Å²) in [5.41, 5.74) is 1.74. The Kier molecular flexibility index (Phi) is 5.39. The second-order valence-corrected chi connectivity index (χ2v) is 5.23. The second-order valence-electron chi connectivity index (χ2n) is 3.94. The van der Waals surface area contributed by atoms with E-state index in [1.165, 1.54) is 0 Å². The van der Waals surface area contributed by atoms with Crippen molar-refractivity contribution in [1.82, 2.24) is 10.3 Å². The van der Waals surface area contributed by atoms with E-state index in [0.717, 1.165) is 22.3 Å². The van der Waals surface area contributed by atoms with Crippen molar-refractivity contribution < 1.29 is 9.15 Å². The molecule has 0 unspecified atom stereocenters. The third-order valence-corrected chi connectivity index (χ3v) is 3.39. The molecular weight excluding hydrogens is 332 g/mol. The van der Waals surface area contributed by atoms with Gasteiger partial charge in [0.15, 0.2) is 0 Å². The lowest BCUT2D eigenvalue weighted by atomic mass is 10.2. The van der Waals surface area contributed by atoms with Crippen LogP contribution in [0.1, 0.15) is 5.69 Å². The number of nitrogens with one attached hydrogen (secondary N) is 1. The smallest absolute Gasteiger partial charge is 0.227 e. The highest BCUT2D eigenvalue weighted by atomic mass is 79.9. The molecule has 1 aromatic carbocycles. The molecule has 2 aromatic rings. The van der Waals surface area contributed by atoms with Crippen LogP contribution in [0, 0.1) is 0 Å². The van der Waals surface area contributed by atoms with Gasteiger partial charge in [0.25, 0.3) is 0 Å². The molecule has 0 atom stereocenters. The molecule has 0 saturated carbocycles. The molecule has 1 heterocycles. The molecule has 0 aliphatic rings. The highest BCUT2D eigenvalue weighted by molar-refractivity contribution is 9.10. The average molecular weight is 346 g/mol. The highest BCUT2D eigenvalue weighted by Crippen LogP contribution is 2.29. The summed E-state index contributed by atoms with van der Waals surface area (Å²) in [7, 11) is 1.67. The number of hydrogen-bond donors (Lipinski definition) is 1. The molecule has 0 aliphatic heterocycles. The number of nitrogens with zero attached hydrogens (tertiary/aromatic N) is 1. The molecule has 0 fully saturated rings. The lowest BCUT2D eigenvalue weighted by Crippen LogP contribution is -2.18. The first kappa shape index (κ1) is 14.5. The lowest BCUT2D eigenvalue weighted by Gasteiger charge is -2.00. The fourth-order valence-corrected chi connectivity index (χ4v) is 2.42. The van der Waals surface area contributed by atoms with E-state index in [9.17, 15) is 0 Å². The summed E-state index contributed by atoms with van der Waals surface area (Å²) in [6, 6.07) is 5.50. The van der Waals surface area contributed by atoms with Gasteiger partial charge < -0.3 is 14.5 Å². The summed E-state index contributed by atoms with van der Waals surface area (Å²) in [4.78, 5) is 4.43. The van der Waals surface area contributed by atoms with E-state index < -0.39 is 0 Å². The molecule has 102 valence electrons. The Morgan fingerprint density at radius 3 is 3.05 bits per heavy atom. The van der Waals surface area contributed by atoms with Crippen molar-refractivity contribution in [2.24, 2.45) is 0 Å². The summed E-state index contributed by atoms with van der Waals surface area (Å²) < 4.78 is 11.3. The number of hydrogen-bond acceptors (Lipinski definition) is 4. The van der Waals surface area contributed by atoms with Crippen molar-refractivity contribution in [2.75, 3.05) is 20.3 Å². The largest absolute Gasteiger partial charge is 0.444 e. The number of methoxy groups -OCH3 is 1. The summed E-state index contributed by atoms with van der Waals surface area (Å²) in [5.74, 6) is 0.576. The van der Waals surface area contributed by atoms with Crippen LogP contribution >= 0.6 is 27.5 Å². The number of halogens is 2. The maximum Gasteiger partial charge on any atom is 0.227 e. The molecule has 0 saturated heterocycles. The fraction of sp³-hybridized carbons (Fsp3) is 0.308. The first-order valence-electron chi connectivity index (χ1n) is 5.80. The number of benzene rings is 1. The predicted molar refractivity (Wildman–Crippen MR) is 78.2 cm³/mol. The van der Waals surface area contributed by atoms with E-state index in [1.54, 1.807) is 13.4 Å². The Morgan fingerprint density at radius 1 is 1.47 bits per heavy atom. The standard InChI is InChI=1S/C13H14BrClN2O2/c1-18-5-4-16-7-10-8-19-13(17-10)11-3-2-9(15)6-12(11)14/h2-3,6,8,16H,4-5,7H2,1H3. The first-order valence-corrected chi connectivity index (χ1v) is 6.97. The second kappa shape index (κ2) is 7.05. The van der Waals surface area contributed by atoms with Gasteiger partial charge in [-0.2, -0.15) is 0 Å². The first-order chi connectivity index (χ1) is 9.20. The minimum Gasteiger partial charge on any atom is -0.444 e. The molecular formula is C13H14BrClN2O2. The van der Waals surface area contributed by atoms with Crippen molar-refractivity contribution in [3.8, 4) is 11.5 Å². The SMILES string of the molecule is COCCNCc1coc(-c2ccc(Cl)cc2Br)n1. The zero-order valence-corrected chi connectivity index (χ0v) is 12.8. The Balaban J connectivity index is 2.04. The van der Waals surface area contributed by atoms with Gasteiger partial charge in [0.2, 0.25) is 5.89 Å². The van der Waals surface area contributed by atoms with Crippen LogP contribution in [-0.2, 0) is 11.3 Å². The quantitative estimate of drug-likeness (QED) is 0.814. The van der Waals surface area contributed by atoms with Gasteiger partial charge in [0, 0.05) is 29.7 Å². The van der Waals surface area contributed by atoms with Gasteiger partial charge in [0.05, 0.1) is 17.9 Å². The van der Waals surface area contributed by atoms with Crippen molar-refractivity contribution in [1.29, 1.82) is 0 Å². The van der Waals surface area contributed by atoms with Crippen molar-refractivity contribution in [3.63, 3.8) is 0 Å². The molecule has 0 bridgehead atoms. The predicted octanol–water partition coefficient (Wildman–Crippen LogP) is 3.49. The molecule has 19 heavy (non-hydrogen) atoms. The van der Waals surface area contributed by atoms with Crippen LogP contribution in [0.4, 0.5) is 0 Å². The van der Waals surface area contributed by atoms with Gasteiger partial charge in [-0.15, -0.1) is 0 Å². The van der Waals surface area contributed by atoms with E-state index in [4.69, 9.17) is 20.8 Å². The van der Waals surface area contributed by atoms with Crippen LogP contribution in [0.15, 0.2) is 33.4 Å². The molecule has 2 rings (SSSR count). The molecule has 1 N–H and O–H groups in total. The van der Waals surface area contributed by atoms with E-state index in [1.807, 2.05) is 18.2 Å². The highest BCUT2D eigenvalue weighted by Gasteiger charge is 2.10. The molecule has 4 nitrogen and oxygen atoms in total. The Hall–Kier alpha value is -0.880. The molecule has 6 heteroatoms. The summed E-state index contributed by atoms with van der Waals surface area (Å²) in [6.45, 7) is 2.11. The van der Waals surface area contributed by atoms with Gasteiger partial charge >= 0.3 is 0 Å². The van der Waals surface area contributed by atoms with E-state index >= 15 is 0 Å².